The summed E-state index contributed by atoms with van der Waals surface area (Å²) in [7, 11) is 0. The van der Waals surface area contributed by atoms with Gasteiger partial charge in [-0.25, -0.2) is 9.97 Å². The predicted octanol–water partition coefficient (Wildman–Crippen LogP) is 1.21. The Morgan fingerprint density at radius 2 is 2.26 bits per heavy atom. The molecule has 2 heterocycles. The van der Waals surface area contributed by atoms with Gasteiger partial charge in [0.1, 0.15) is 11.5 Å². The molecule has 1 aliphatic heterocycles. The summed E-state index contributed by atoms with van der Waals surface area (Å²) in [6.07, 6.45) is 4.02. The number of aromatic nitrogens is 2. The Balaban J connectivity index is 0.00000133. The van der Waals surface area contributed by atoms with Gasteiger partial charge in [0.2, 0.25) is 0 Å². The van der Waals surface area contributed by atoms with Gasteiger partial charge < -0.3 is 10.2 Å². The second-order valence-corrected chi connectivity index (χ2v) is 5.13. The standard InChI is InChI=1S/C13H18N4O.ClH/c1-9-8-14-6-7-17(9)13(18)11-4-5-15-12(16-11)10-2-3-10;/h4-5,9-10,14H,2-3,6-8H2,1H3;1H/t9-;/m1./s1. The van der Waals surface area contributed by atoms with Gasteiger partial charge in [0.05, 0.1) is 0 Å². The summed E-state index contributed by atoms with van der Waals surface area (Å²) >= 11 is 0. The van der Waals surface area contributed by atoms with Crippen molar-refractivity contribution in [2.75, 3.05) is 19.6 Å². The molecule has 2 fully saturated rings. The second-order valence-electron chi connectivity index (χ2n) is 5.13. The highest BCUT2D eigenvalue weighted by atomic mass is 35.5. The van der Waals surface area contributed by atoms with Gasteiger partial charge in [-0.1, -0.05) is 0 Å². The van der Waals surface area contributed by atoms with Crippen molar-refractivity contribution in [1.82, 2.24) is 20.2 Å². The van der Waals surface area contributed by atoms with Crippen LogP contribution in [-0.2, 0) is 0 Å². The zero-order valence-electron chi connectivity index (χ0n) is 11.0. The molecule has 0 unspecified atom stereocenters. The third-order valence-corrected chi connectivity index (χ3v) is 3.60. The van der Waals surface area contributed by atoms with E-state index in [-0.39, 0.29) is 24.4 Å². The third-order valence-electron chi connectivity index (χ3n) is 3.60. The number of amides is 1. The number of nitrogens with zero attached hydrogens (tertiary/aromatic N) is 3. The fourth-order valence-corrected chi connectivity index (χ4v) is 2.32. The van der Waals surface area contributed by atoms with Crippen molar-refractivity contribution in [3.8, 4) is 0 Å². The average Bonchev–Trinajstić information content (AvgIpc) is 3.23. The van der Waals surface area contributed by atoms with Gasteiger partial charge in [-0.2, -0.15) is 0 Å². The second kappa shape index (κ2) is 5.84. The number of piperazine rings is 1. The first-order chi connectivity index (χ1) is 8.75. The van der Waals surface area contributed by atoms with Gasteiger partial charge in [0.25, 0.3) is 5.91 Å². The lowest BCUT2D eigenvalue weighted by Gasteiger charge is -2.33. The number of nitrogens with one attached hydrogen (secondary N) is 1. The van der Waals surface area contributed by atoms with Gasteiger partial charge in [0.15, 0.2) is 0 Å². The van der Waals surface area contributed by atoms with E-state index in [0.717, 1.165) is 38.3 Å². The van der Waals surface area contributed by atoms with Crippen molar-refractivity contribution in [1.29, 1.82) is 0 Å². The summed E-state index contributed by atoms with van der Waals surface area (Å²) in [4.78, 5) is 23.0. The van der Waals surface area contributed by atoms with Crippen molar-refractivity contribution in [2.45, 2.75) is 31.7 Å². The van der Waals surface area contributed by atoms with E-state index in [0.29, 0.717) is 11.6 Å². The van der Waals surface area contributed by atoms with Crippen molar-refractivity contribution in [3.05, 3.63) is 23.8 Å². The Morgan fingerprint density at radius 3 is 2.95 bits per heavy atom. The van der Waals surface area contributed by atoms with Crippen LogP contribution < -0.4 is 5.32 Å². The van der Waals surface area contributed by atoms with E-state index in [1.54, 1.807) is 12.3 Å². The largest absolute Gasteiger partial charge is 0.332 e. The van der Waals surface area contributed by atoms with Gasteiger partial charge in [-0.15, -0.1) is 12.4 Å². The molecule has 5 nitrogen and oxygen atoms in total. The Bertz CT molecular complexity index is 464. The number of carbonyl (C=O) groups is 1. The lowest BCUT2D eigenvalue weighted by atomic mass is 10.2. The number of rotatable bonds is 2. The molecular weight excluding hydrogens is 264 g/mol. The van der Waals surface area contributed by atoms with Gasteiger partial charge in [-0.3, -0.25) is 4.79 Å². The molecular formula is C13H19ClN4O. The van der Waals surface area contributed by atoms with E-state index in [1.807, 2.05) is 4.90 Å². The third kappa shape index (κ3) is 3.04. The molecule has 1 aromatic heterocycles. The number of hydrogen-bond acceptors (Lipinski definition) is 4. The van der Waals surface area contributed by atoms with Crippen LogP contribution in [0.5, 0.6) is 0 Å². The first-order valence-electron chi connectivity index (χ1n) is 6.60. The fraction of sp³-hybridized carbons (Fsp3) is 0.615. The van der Waals surface area contributed by atoms with Crippen LogP contribution in [-0.4, -0.2) is 46.5 Å². The molecule has 0 spiro atoms. The monoisotopic (exact) mass is 282 g/mol. The van der Waals surface area contributed by atoms with Crippen LogP contribution in [0.2, 0.25) is 0 Å². The maximum absolute atomic E-state index is 12.4. The van der Waals surface area contributed by atoms with Gasteiger partial charge in [0, 0.05) is 37.8 Å². The molecule has 3 rings (SSSR count). The molecule has 0 aromatic carbocycles. The SMILES string of the molecule is C[C@@H]1CNCCN1C(=O)c1ccnc(C2CC2)n1.Cl. The Kier molecular flexibility index (Phi) is 4.37. The van der Waals surface area contributed by atoms with Crippen LogP contribution >= 0.6 is 12.4 Å². The highest BCUT2D eigenvalue weighted by Gasteiger charge is 2.29. The van der Waals surface area contributed by atoms with Crippen molar-refractivity contribution in [2.24, 2.45) is 0 Å². The van der Waals surface area contributed by atoms with E-state index < -0.39 is 0 Å². The van der Waals surface area contributed by atoms with E-state index in [9.17, 15) is 4.79 Å². The van der Waals surface area contributed by atoms with Crippen LogP contribution in [0.15, 0.2) is 12.3 Å². The zero-order valence-corrected chi connectivity index (χ0v) is 11.8. The van der Waals surface area contributed by atoms with Crippen molar-refractivity contribution in [3.63, 3.8) is 0 Å². The van der Waals surface area contributed by atoms with Crippen LogP contribution in [0, 0.1) is 0 Å². The molecule has 104 valence electrons. The lowest BCUT2D eigenvalue weighted by Crippen LogP contribution is -2.52. The fourth-order valence-electron chi connectivity index (χ4n) is 2.32. The minimum atomic E-state index is 0. The molecule has 1 amide bonds. The predicted molar refractivity (Wildman–Crippen MR) is 74.6 cm³/mol. The molecule has 1 aliphatic carbocycles. The van der Waals surface area contributed by atoms with Crippen LogP contribution in [0.1, 0.15) is 42.0 Å². The summed E-state index contributed by atoms with van der Waals surface area (Å²) in [5.41, 5.74) is 0.542. The Hall–Kier alpha value is -1.20. The molecule has 1 saturated carbocycles. The summed E-state index contributed by atoms with van der Waals surface area (Å²) < 4.78 is 0. The molecule has 1 aromatic rings. The Labute approximate surface area is 119 Å². The van der Waals surface area contributed by atoms with E-state index in [1.165, 1.54) is 0 Å². The van der Waals surface area contributed by atoms with Crippen molar-refractivity contribution < 1.29 is 4.79 Å². The van der Waals surface area contributed by atoms with E-state index >= 15 is 0 Å². The lowest BCUT2D eigenvalue weighted by molar-refractivity contribution is 0.0649. The summed E-state index contributed by atoms with van der Waals surface area (Å²) in [5, 5.41) is 3.28. The van der Waals surface area contributed by atoms with Crippen LogP contribution in [0.3, 0.4) is 0 Å². The highest BCUT2D eigenvalue weighted by Crippen LogP contribution is 2.37. The summed E-state index contributed by atoms with van der Waals surface area (Å²) in [6, 6.07) is 1.95. The molecule has 1 atom stereocenters. The first-order valence-corrected chi connectivity index (χ1v) is 6.60. The molecule has 0 radical (unpaired) electrons. The molecule has 2 aliphatic rings. The number of hydrogen-bond donors (Lipinski definition) is 1. The number of halogens is 1. The molecule has 1 N–H and O–H groups in total. The van der Waals surface area contributed by atoms with E-state index in [4.69, 9.17) is 0 Å². The molecule has 1 saturated heterocycles. The summed E-state index contributed by atoms with van der Waals surface area (Å²) in [5.74, 6) is 1.36. The minimum absolute atomic E-state index is 0. The van der Waals surface area contributed by atoms with Crippen LogP contribution in [0.25, 0.3) is 0 Å². The molecule has 19 heavy (non-hydrogen) atoms. The maximum atomic E-state index is 12.4. The highest BCUT2D eigenvalue weighted by molar-refractivity contribution is 5.92. The van der Waals surface area contributed by atoms with E-state index in [2.05, 4.69) is 22.2 Å². The van der Waals surface area contributed by atoms with Gasteiger partial charge >= 0.3 is 0 Å². The van der Waals surface area contributed by atoms with Crippen LogP contribution in [0.4, 0.5) is 0 Å². The van der Waals surface area contributed by atoms with Gasteiger partial charge in [-0.05, 0) is 25.8 Å². The summed E-state index contributed by atoms with van der Waals surface area (Å²) in [6.45, 7) is 4.53. The van der Waals surface area contributed by atoms with Crippen molar-refractivity contribution >= 4 is 18.3 Å². The molecule has 0 bridgehead atoms. The first kappa shape index (κ1) is 14.2. The quantitative estimate of drug-likeness (QED) is 0.886. The molecule has 6 heteroatoms. The zero-order chi connectivity index (χ0) is 12.5. The normalized spacial score (nSPS) is 22.8. The smallest absolute Gasteiger partial charge is 0.272 e. The topological polar surface area (TPSA) is 58.1 Å². The number of carbonyl (C=O) groups excluding carboxylic acids is 1. The minimum Gasteiger partial charge on any atom is -0.332 e. The Morgan fingerprint density at radius 1 is 1.47 bits per heavy atom. The average molecular weight is 283 g/mol. The maximum Gasteiger partial charge on any atom is 0.272 e.